The molecule has 0 saturated carbocycles. The Hall–Kier alpha value is -2.32. The summed E-state index contributed by atoms with van der Waals surface area (Å²) >= 11 is 0. The molecule has 1 unspecified atom stereocenters. The molecule has 2 amide bonds. The van der Waals surface area contributed by atoms with E-state index in [1.54, 1.807) is 12.1 Å². The van der Waals surface area contributed by atoms with Gasteiger partial charge in [0.25, 0.3) is 5.91 Å². The molecular formula is C19H25N3O2. The van der Waals surface area contributed by atoms with Crippen LogP contribution >= 0.6 is 0 Å². The fraction of sp³-hybridized carbons (Fsp3) is 0.474. The van der Waals surface area contributed by atoms with E-state index < -0.39 is 0 Å². The van der Waals surface area contributed by atoms with Crippen molar-refractivity contribution in [2.45, 2.75) is 39.2 Å². The number of rotatable bonds is 5. The number of hydrogen-bond acceptors (Lipinski definition) is 3. The SMILES string of the molecule is C#CCN1CCCCC1C(=O)Nc1cc(C(=O)NCC)ccc1C. The third-order valence-electron chi connectivity index (χ3n) is 4.31. The van der Waals surface area contributed by atoms with Crippen molar-refractivity contribution in [3.05, 3.63) is 29.3 Å². The molecule has 24 heavy (non-hydrogen) atoms. The average Bonchev–Trinajstić information content (AvgIpc) is 2.57. The van der Waals surface area contributed by atoms with Crippen LogP contribution in [0.4, 0.5) is 5.69 Å². The van der Waals surface area contributed by atoms with Crippen molar-refractivity contribution in [3.8, 4) is 12.3 Å². The number of hydrogen-bond donors (Lipinski definition) is 2. The number of piperidine rings is 1. The molecule has 0 spiro atoms. The zero-order valence-corrected chi connectivity index (χ0v) is 14.4. The number of nitrogens with one attached hydrogen (secondary N) is 2. The summed E-state index contributed by atoms with van der Waals surface area (Å²) in [6, 6.07) is 5.14. The molecule has 0 bridgehead atoms. The Morgan fingerprint density at radius 1 is 1.38 bits per heavy atom. The Morgan fingerprint density at radius 2 is 2.17 bits per heavy atom. The monoisotopic (exact) mass is 327 g/mol. The molecule has 1 aliphatic heterocycles. The molecule has 0 aromatic heterocycles. The van der Waals surface area contributed by atoms with Crippen molar-refractivity contribution in [2.24, 2.45) is 0 Å². The first-order valence-corrected chi connectivity index (χ1v) is 8.44. The first kappa shape index (κ1) is 18.0. The van der Waals surface area contributed by atoms with E-state index in [1.807, 2.05) is 24.8 Å². The van der Waals surface area contributed by atoms with Crippen LogP contribution in [0, 0.1) is 19.3 Å². The topological polar surface area (TPSA) is 61.4 Å². The van der Waals surface area contributed by atoms with E-state index in [9.17, 15) is 9.59 Å². The molecule has 1 fully saturated rings. The van der Waals surface area contributed by atoms with Gasteiger partial charge in [0, 0.05) is 17.8 Å². The van der Waals surface area contributed by atoms with Gasteiger partial charge in [0.2, 0.25) is 5.91 Å². The zero-order valence-electron chi connectivity index (χ0n) is 14.4. The van der Waals surface area contributed by atoms with Gasteiger partial charge in [-0.05, 0) is 50.9 Å². The van der Waals surface area contributed by atoms with Crippen LogP contribution in [0.15, 0.2) is 18.2 Å². The summed E-state index contributed by atoms with van der Waals surface area (Å²) in [5.74, 6) is 2.43. The molecule has 5 nitrogen and oxygen atoms in total. The Morgan fingerprint density at radius 3 is 2.88 bits per heavy atom. The Balaban J connectivity index is 2.14. The van der Waals surface area contributed by atoms with Gasteiger partial charge < -0.3 is 10.6 Å². The van der Waals surface area contributed by atoms with E-state index in [0.717, 1.165) is 31.4 Å². The number of carbonyl (C=O) groups excluding carboxylic acids is 2. The number of terminal acetylenes is 1. The van der Waals surface area contributed by atoms with Gasteiger partial charge in [-0.2, -0.15) is 0 Å². The molecule has 5 heteroatoms. The van der Waals surface area contributed by atoms with E-state index in [0.29, 0.717) is 24.3 Å². The van der Waals surface area contributed by atoms with Crippen molar-refractivity contribution >= 4 is 17.5 Å². The number of nitrogens with zero attached hydrogens (tertiary/aromatic N) is 1. The van der Waals surface area contributed by atoms with E-state index in [1.165, 1.54) is 0 Å². The predicted octanol–water partition coefficient (Wildman–Crippen LogP) is 2.17. The number of carbonyl (C=O) groups is 2. The van der Waals surface area contributed by atoms with Crippen molar-refractivity contribution in [1.29, 1.82) is 0 Å². The van der Waals surface area contributed by atoms with Crippen LogP contribution in [0.2, 0.25) is 0 Å². The minimum Gasteiger partial charge on any atom is -0.352 e. The quantitative estimate of drug-likeness (QED) is 0.815. The van der Waals surface area contributed by atoms with Gasteiger partial charge in [-0.25, -0.2) is 0 Å². The zero-order chi connectivity index (χ0) is 17.5. The maximum absolute atomic E-state index is 12.7. The lowest BCUT2D eigenvalue weighted by Gasteiger charge is -2.33. The summed E-state index contributed by atoms with van der Waals surface area (Å²) in [6.45, 7) is 5.68. The van der Waals surface area contributed by atoms with Crippen molar-refractivity contribution in [2.75, 3.05) is 25.0 Å². The van der Waals surface area contributed by atoms with Crippen LogP contribution < -0.4 is 10.6 Å². The summed E-state index contributed by atoms with van der Waals surface area (Å²) in [5, 5.41) is 5.74. The summed E-state index contributed by atoms with van der Waals surface area (Å²) in [4.78, 5) is 26.7. The first-order chi connectivity index (χ1) is 11.6. The van der Waals surface area contributed by atoms with Gasteiger partial charge in [0.1, 0.15) is 0 Å². The van der Waals surface area contributed by atoms with Gasteiger partial charge in [-0.15, -0.1) is 6.42 Å². The summed E-state index contributed by atoms with van der Waals surface area (Å²) < 4.78 is 0. The Kier molecular flexibility index (Phi) is 6.39. The fourth-order valence-electron chi connectivity index (χ4n) is 2.97. The third kappa shape index (κ3) is 4.36. The minimum atomic E-state index is -0.206. The molecule has 128 valence electrons. The van der Waals surface area contributed by atoms with E-state index in [2.05, 4.69) is 16.6 Å². The molecule has 1 heterocycles. The smallest absolute Gasteiger partial charge is 0.251 e. The number of aryl methyl sites for hydroxylation is 1. The van der Waals surface area contributed by atoms with Gasteiger partial charge in [-0.3, -0.25) is 14.5 Å². The third-order valence-corrected chi connectivity index (χ3v) is 4.31. The van der Waals surface area contributed by atoms with Crippen LogP contribution in [0.1, 0.15) is 42.1 Å². The maximum Gasteiger partial charge on any atom is 0.251 e. The second kappa shape index (κ2) is 8.51. The predicted molar refractivity (Wildman–Crippen MR) is 95.9 cm³/mol. The van der Waals surface area contributed by atoms with Crippen LogP contribution in [-0.4, -0.2) is 42.4 Å². The average molecular weight is 327 g/mol. The van der Waals surface area contributed by atoms with Crippen molar-refractivity contribution in [1.82, 2.24) is 10.2 Å². The van der Waals surface area contributed by atoms with Crippen molar-refractivity contribution < 1.29 is 9.59 Å². The molecule has 1 aromatic carbocycles. The minimum absolute atomic E-state index is 0.0545. The van der Waals surface area contributed by atoms with Crippen LogP contribution in [0.3, 0.4) is 0 Å². The van der Waals surface area contributed by atoms with Gasteiger partial charge in [-0.1, -0.05) is 18.4 Å². The second-order valence-corrected chi connectivity index (χ2v) is 6.06. The lowest BCUT2D eigenvalue weighted by Crippen LogP contribution is -2.47. The van der Waals surface area contributed by atoms with Crippen molar-refractivity contribution in [3.63, 3.8) is 0 Å². The standard InChI is InChI=1S/C19H25N3O2/c1-4-11-22-12-7-6-8-17(22)19(24)21-16-13-15(10-9-14(16)3)18(23)20-5-2/h1,9-10,13,17H,5-8,11-12H2,2-3H3,(H,20,23)(H,21,24). The van der Waals surface area contributed by atoms with Crippen LogP contribution in [0.5, 0.6) is 0 Å². The van der Waals surface area contributed by atoms with Crippen LogP contribution in [0.25, 0.3) is 0 Å². The van der Waals surface area contributed by atoms with E-state index in [-0.39, 0.29) is 17.9 Å². The highest BCUT2D eigenvalue weighted by molar-refractivity contribution is 5.99. The van der Waals surface area contributed by atoms with Gasteiger partial charge in [0.05, 0.1) is 12.6 Å². The second-order valence-electron chi connectivity index (χ2n) is 6.06. The molecule has 1 saturated heterocycles. The normalized spacial score (nSPS) is 17.8. The lowest BCUT2D eigenvalue weighted by atomic mass is 10.0. The van der Waals surface area contributed by atoms with Gasteiger partial charge in [0.15, 0.2) is 0 Å². The first-order valence-electron chi connectivity index (χ1n) is 8.44. The van der Waals surface area contributed by atoms with Crippen LogP contribution in [-0.2, 0) is 4.79 Å². The largest absolute Gasteiger partial charge is 0.352 e. The summed E-state index contributed by atoms with van der Waals surface area (Å²) in [7, 11) is 0. The van der Waals surface area contributed by atoms with E-state index in [4.69, 9.17) is 6.42 Å². The molecule has 0 aliphatic carbocycles. The number of anilines is 1. The highest BCUT2D eigenvalue weighted by atomic mass is 16.2. The molecule has 2 rings (SSSR count). The molecule has 1 atom stereocenters. The Bertz CT molecular complexity index is 649. The highest BCUT2D eigenvalue weighted by Gasteiger charge is 2.28. The Labute approximate surface area is 143 Å². The molecule has 2 N–H and O–H groups in total. The molecular weight excluding hydrogens is 302 g/mol. The number of benzene rings is 1. The number of likely N-dealkylation sites (tertiary alicyclic amines) is 1. The number of amides is 2. The highest BCUT2D eigenvalue weighted by Crippen LogP contribution is 2.21. The molecule has 0 radical (unpaired) electrons. The lowest BCUT2D eigenvalue weighted by molar-refractivity contribution is -0.122. The fourth-order valence-corrected chi connectivity index (χ4v) is 2.97. The van der Waals surface area contributed by atoms with Gasteiger partial charge >= 0.3 is 0 Å². The molecule has 1 aliphatic rings. The van der Waals surface area contributed by atoms with E-state index >= 15 is 0 Å². The summed E-state index contributed by atoms with van der Waals surface area (Å²) in [6.07, 6.45) is 8.31. The summed E-state index contributed by atoms with van der Waals surface area (Å²) in [5.41, 5.74) is 2.15. The maximum atomic E-state index is 12.7. The molecule has 1 aromatic rings.